The van der Waals surface area contributed by atoms with Crippen molar-refractivity contribution < 1.29 is 14.9 Å². The monoisotopic (exact) mass is 268 g/mol. The van der Waals surface area contributed by atoms with Crippen molar-refractivity contribution in [3.63, 3.8) is 0 Å². The molecule has 3 atom stereocenters. The number of imidazole rings is 1. The standard InChI is InChI=1S/C10H12N4O3S/c15-2-6-5(16)1-7(17-6)14-4-13-8-9(14)11-3-12-10(8)18/h3-7,15-16H,1-2H2,(H,11,12,18)/t5-,6-,7+/m0/s1. The second kappa shape index (κ2) is 4.39. The van der Waals surface area contributed by atoms with Crippen LogP contribution in [0.2, 0.25) is 0 Å². The molecule has 0 bridgehead atoms. The van der Waals surface area contributed by atoms with Crippen LogP contribution in [0.3, 0.4) is 0 Å². The third-order valence-electron chi connectivity index (χ3n) is 3.07. The first-order valence-electron chi connectivity index (χ1n) is 5.55. The topological polar surface area (TPSA) is 96.2 Å². The third-order valence-corrected chi connectivity index (χ3v) is 3.37. The summed E-state index contributed by atoms with van der Waals surface area (Å²) in [4.78, 5) is 11.1. The Morgan fingerprint density at radius 2 is 2.39 bits per heavy atom. The summed E-state index contributed by atoms with van der Waals surface area (Å²) in [5, 5.41) is 18.8. The largest absolute Gasteiger partial charge is 0.394 e. The van der Waals surface area contributed by atoms with Crippen molar-refractivity contribution in [2.75, 3.05) is 6.61 Å². The Bertz CT molecular complexity index is 625. The minimum absolute atomic E-state index is 0.206. The zero-order valence-corrected chi connectivity index (χ0v) is 10.2. The number of nitrogens with one attached hydrogen (secondary N) is 1. The van der Waals surface area contributed by atoms with Crippen molar-refractivity contribution >= 4 is 23.4 Å². The van der Waals surface area contributed by atoms with E-state index in [9.17, 15) is 5.11 Å². The summed E-state index contributed by atoms with van der Waals surface area (Å²) in [7, 11) is 0. The Balaban J connectivity index is 2.01. The van der Waals surface area contributed by atoms with Gasteiger partial charge in [0.1, 0.15) is 23.5 Å². The Morgan fingerprint density at radius 1 is 1.56 bits per heavy atom. The summed E-state index contributed by atoms with van der Waals surface area (Å²) in [6, 6.07) is 0. The van der Waals surface area contributed by atoms with Crippen molar-refractivity contribution in [1.82, 2.24) is 19.5 Å². The van der Waals surface area contributed by atoms with Gasteiger partial charge in [-0.05, 0) is 0 Å². The quantitative estimate of drug-likeness (QED) is 0.670. The highest BCUT2D eigenvalue weighted by atomic mass is 32.1. The second-order valence-electron chi connectivity index (χ2n) is 4.17. The molecule has 3 rings (SSSR count). The van der Waals surface area contributed by atoms with Gasteiger partial charge in [-0.1, -0.05) is 12.2 Å². The number of aromatic amines is 1. The van der Waals surface area contributed by atoms with Gasteiger partial charge in [0, 0.05) is 6.42 Å². The van der Waals surface area contributed by atoms with Crippen molar-refractivity contribution in [2.45, 2.75) is 24.9 Å². The molecule has 0 aromatic carbocycles. The SMILES string of the molecule is OC[C@@H]1O[C@@H](n2cnc3c(=S)nc[nH]c32)C[C@@H]1O. The van der Waals surface area contributed by atoms with Crippen LogP contribution in [0.5, 0.6) is 0 Å². The van der Waals surface area contributed by atoms with Crippen molar-refractivity contribution in [1.29, 1.82) is 0 Å². The summed E-state index contributed by atoms with van der Waals surface area (Å²) in [6.45, 7) is -0.206. The molecule has 3 N–H and O–H groups in total. The van der Waals surface area contributed by atoms with E-state index in [0.29, 0.717) is 22.2 Å². The predicted molar refractivity (Wildman–Crippen MR) is 64.3 cm³/mol. The van der Waals surface area contributed by atoms with Crippen LogP contribution >= 0.6 is 12.2 Å². The summed E-state index contributed by atoms with van der Waals surface area (Å²) in [6.07, 6.45) is 1.89. The van der Waals surface area contributed by atoms with E-state index in [1.54, 1.807) is 10.9 Å². The maximum Gasteiger partial charge on any atom is 0.157 e. The molecule has 1 aliphatic heterocycles. The number of nitrogens with zero attached hydrogens (tertiary/aromatic N) is 3. The average Bonchev–Trinajstić information content (AvgIpc) is 2.93. The van der Waals surface area contributed by atoms with Crippen LogP contribution in [0, 0.1) is 4.64 Å². The smallest absolute Gasteiger partial charge is 0.157 e. The molecule has 0 saturated carbocycles. The van der Waals surface area contributed by atoms with Gasteiger partial charge in [-0.2, -0.15) is 0 Å². The summed E-state index contributed by atoms with van der Waals surface area (Å²) >= 11 is 5.07. The van der Waals surface area contributed by atoms with Gasteiger partial charge in [-0.3, -0.25) is 4.57 Å². The molecular weight excluding hydrogens is 256 g/mol. The lowest BCUT2D eigenvalue weighted by molar-refractivity contribution is -0.0432. The van der Waals surface area contributed by atoms with E-state index >= 15 is 0 Å². The number of H-pyrrole nitrogens is 1. The molecule has 2 aromatic rings. The first-order chi connectivity index (χ1) is 8.70. The lowest BCUT2D eigenvalue weighted by Crippen LogP contribution is -2.24. The molecule has 0 aliphatic carbocycles. The highest BCUT2D eigenvalue weighted by Crippen LogP contribution is 2.30. The molecule has 0 spiro atoms. The van der Waals surface area contributed by atoms with Crippen molar-refractivity contribution in [2.24, 2.45) is 0 Å². The number of hydrogen-bond donors (Lipinski definition) is 3. The molecule has 2 aromatic heterocycles. The molecule has 1 saturated heterocycles. The first kappa shape index (κ1) is 11.7. The van der Waals surface area contributed by atoms with Crippen LogP contribution in [-0.2, 0) is 4.74 Å². The van der Waals surface area contributed by atoms with Crippen LogP contribution in [-0.4, -0.2) is 48.5 Å². The summed E-state index contributed by atoms with van der Waals surface area (Å²) < 4.78 is 7.74. The van der Waals surface area contributed by atoms with Gasteiger partial charge in [-0.25, -0.2) is 9.97 Å². The van der Waals surface area contributed by atoms with Crippen molar-refractivity contribution in [3.05, 3.63) is 17.3 Å². The Morgan fingerprint density at radius 3 is 3.11 bits per heavy atom. The number of aliphatic hydroxyl groups is 2. The molecule has 0 amide bonds. The van der Waals surface area contributed by atoms with Crippen molar-refractivity contribution in [3.8, 4) is 0 Å². The molecule has 0 unspecified atom stereocenters. The fourth-order valence-corrected chi connectivity index (χ4v) is 2.34. The number of aliphatic hydroxyl groups excluding tert-OH is 2. The first-order valence-corrected chi connectivity index (χ1v) is 5.96. The zero-order valence-electron chi connectivity index (χ0n) is 9.35. The van der Waals surface area contributed by atoms with Crippen LogP contribution in [0.1, 0.15) is 12.6 Å². The number of aromatic nitrogens is 4. The fraction of sp³-hybridized carbons (Fsp3) is 0.500. The lowest BCUT2D eigenvalue weighted by atomic mass is 10.2. The van der Waals surface area contributed by atoms with Crippen LogP contribution in [0.15, 0.2) is 12.7 Å². The Labute approximate surface area is 107 Å². The molecule has 1 fully saturated rings. The highest BCUT2D eigenvalue weighted by Gasteiger charge is 2.35. The molecule has 96 valence electrons. The van der Waals surface area contributed by atoms with Gasteiger partial charge in [0.15, 0.2) is 4.64 Å². The molecule has 1 aliphatic rings. The second-order valence-corrected chi connectivity index (χ2v) is 4.56. The van der Waals surface area contributed by atoms with Gasteiger partial charge in [0.25, 0.3) is 0 Å². The predicted octanol–water partition coefficient (Wildman–Crippen LogP) is 0.130. The van der Waals surface area contributed by atoms with E-state index in [1.807, 2.05) is 0 Å². The van der Waals surface area contributed by atoms with E-state index in [2.05, 4.69) is 15.0 Å². The van der Waals surface area contributed by atoms with Gasteiger partial charge >= 0.3 is 0 Å². The minimum atomic E-state index is -0.678. The van der Waals surface area contributed by atoms with E-state index in [4.69, 9.17) is 22.1 Å². The molecule has 18 heavy (non-hydrogen) atoms. The number of hydrogen-bond acceptors (Lipinski definition) is 6. The van der Waals surface area contributed by atoms with Crippen LogP contribution in [0.4, 0.5) is 0 Å². The van der Waals surface area contributed by atoms with Gasteiger partial charge in [0.2, 0.25) is 0 Å². The zero-order chi connectivity index (χ0) is 12.7. The molecule has 7 nitrogen and oxygen atoms in total. The van der Waals surface area contributed by atoms with E-state index in [1.165, 1.54) is 6.33 Å². The maximum absolute atomic E-state index is 9.72. The Hall–Kier alpha value is -1.35. The minimum Gasteiger partial charge on any atom is -0.394 e. The van der Waals surface area contributed by atoms with Crippen LogP contribution < -0.4 is 0 Å². The van der Waals surface area contributed by atoms with Crippen LogP contribution in [0.25, 0.3) is 11.2 Å². The summed E-state index contributed by atoms with van der Waals surface area (Å²) in [5.41, 5.74) is 1.30. The highest BCUT2D eigenvalue weighted by molar-refractivity contribution is 7.71. The normalized spacial score (nSPS) is 28.0. The molecule has 3 heterocycles. The summed E-state index contributed by atoms with van der Waals surface area (Å²) in [5.74, 6) is 0. The van der Waals surface area contributed by atoms with E-state index < -0.39 is 12.2 Å². The molecule has 0 radical (unpaired) electrons. The fourth-order valence-electron chi connectivity index (χ4n) is 2.14. The third kappa shape index (κ3) is 1.74. The van der Waals surface area contributed by atoms with Gasteiger partial charge in [0.05, 0.1) is 25.4 Å². The maximum atomic E-state index is 9.72. The van der Waals surface area contributed by atoms with E-state index in [-0.39, 0.29) is 12.8 Å². The number of rotatable bonds is 2. The molecule has 8 heteroatoms. The van der Waals surface area contributed by atoms with Gasteiger partial charge < -0.3 is 19.9 Å². The lowest BCUT2D eigenvalue weighted by Gasteiger charge is -2.13. The Kier molecular flexibility index (Phi) is 2.86. The van der Waals surface area contributed by atoms with E-state index in [0.717, 1.165) is 0 Å². The number of fused-ring (bicyclic) bond motifs is 1. The molecular formula is C10H12N4O3S. The van der Waals surface area contributed by atoms with Gasteiger partial charge in [-0.15, -0.1) is 0 Å². The number of ether oxygens (including phenoxy) is 1. The average molecular weight is 268 g/mol.